The normalized spacial score (nSPS) is 11.1. The Kier molecular flexibility index (Phi) is 5.56. The lowest BCUT2D eigenvalue weighted by molar-refractivity contribution is 0.0642. The second-order valence-corrected chi connectivity index (χ2v) is 4.65. The van der Waals surface area contributed by atoms with Gasteiger partial charge in [-0.05, 0) is 15.9 Å². The maximum atomic E-state index is 5.63. The summed E-state index contributed by atoms with van der Waals surface area (Å²) in [5, 5.41) is 0. The lowest BCUT2D eigenvalue weighted by atomic mass is 10.5. The second-order valence-electron chi connectivity index (χ2n) is 3.83. The third-order valence-electron chi connectivity index (χ3n) is 2.42. The van der Waals surface area contributed by atoms with E-state index < -0.39 is 0 Å². The molecule has 0 aliphatic rings. The summed E-state index contributed by atoms with van der Waals surface area (Å²) in [7, 11) is 1.65. The maximum absolute atomic E-state index is 5.63. The summed E-state index contributed by atoms with van der Waals surface area (Å²) in [6.45, 7) is 2.40. The fourth-order valence-corrected chi connectivity index (χ4v) is 1.93. The zero-order valence-corrected chi connectivity index (χ0v) is 12.3. The third kappa shape index (κ3) is 4.15. The Morgan fingerprint density at radius 2 is 2.16 bits per heavy atom. The number of aromatic nitrogens is 3. The van der Waals surface area contributed by atoms with Crippen LogP contribution in [-0.4, -0.2) is 47.9 Å². The summed E-state index contributed by atoms with van der Waals surface area (Å²) in [6, 6.07) is 0. The van der Waals surface area contributed by atoms with Crippen LogP contribution in [0, 0.1) is 0 Å². The van der Waals surface area contributed by atoms with E-state index in [1.807, 2.05) is 16.8 Å². The van der Waals surface area contributed by atoms with Crippen molar-refractivity contribution in [1.29, 1.82) is 0 Å². The first-order chi connectivity index (χ1) is 9.31. The van der Waals surface area contributed by atoms with Gasteiger partial charge in [-0.1, -0.05) is 0 Å². The summed E-state index contributed by atoms with van der Waals surface area (Å²) in [4.78, 5) is 8.48. The number of imidazole rings is 1. The monoisotopic (exact) mass is 329 g/mol. The van der Waals surface area contributed by atoms with Crippen molar-refractivity contribution in [3.05, 3.63) is 23.2 Å². The molecule has 0 spiro atoms. The average molecular weight is 330 g/mol. The Labute approximate surface area is 119 Å². The van der Waals surface area contributed by atoms with Crippen LogP contribution in [0.3, 0.4) is 0 Å². The number of halogens is 1. The van der Waals surface area contributed by atoms with E-state index in [1.165, 1.54) is 0 Å². The van der Waals surface area contributed by atoms with E-state index in [4.69, 9.17) is 14.2 Å². The van der Waals surface area contributed by atoms with Gasteiger partial charge in [-0.3, -0.25) is 4.40 Å². The molecule has 0 radical (unpaired) electrons. The van der Waals surface area contributed by atoms with Crippen molar-refractivity contribution in [2.75, 3.05) is 33.5 Å². The molecule has 7 heteroatoms. The number of nitrogens with zero attached hydrogens (tertiary/aromatic N) is 3. The highest BCUT2D eigenvalue weighted by Crippen LogP contribution is 2.18. The number of hydrogen-bond acceptors (Lipinski definition) is 5. The SMILES string of the molecule is COCCOCCCOc1nc(Br)cn2ccnc12. The van der Waals surface area contributed by atoms with Gasteiger partial charge in [0.05, 0.1) is 19.8 Å². The molecule has 0 bridgehead atoms. The summed E-state index contributed by atoms with van der Waals surface area (Å²) < 4.78 is 18.4. The fraction of sp³-hybridized carbons (Fsp3) is 0.500. The molecule has 0 aliphatic carbocycles. The van der Waals surface area contributed by atoms with E-state index in [0.717, 1.165) is 6.42 Å². The molecule has 104 valence electrons. The van der Waals surface area contributed by atoms with E-state index in [2.05, 4.69) is 25.9 Å². The van der Waals surface area contributed by atoms with Crippen LogP contribution in [0.2, 0.25) is 0 Å². The van der Waals surface area contributed by atoms with Gasteiger partial charge in [0.15, 0.2) is 0 Å². The zero-order valence-electron chi connectivity index (χ0n) is 10.7. The van der Waals surface area contributed by atoms with Crippen LogP contribution in [0.5, 0.6) is 5.88 Å². The van der Waals surface area contributed by atoms with Crippen LogP contribution in [-0.2, 0) is 9.47 Å². The summed E-state index contributed by atoms with van der Waals surface area (Å²) in [6.07, 6.45) is 6.19. The minimum Gasteiger partial charge on any atom is -0.475 e. The van der Waals surface area contributed by atoms with Crippen molar-refractivity contribution < 1.29 is 14.2 Å². The number of rotatable bonds is 8. The Morgan fingerprint density at radius 3 is 3.00 bits per heavy atom. The second kappa shape index (κ2) is 7.42. The topological polar surface area (TPSA) is 57.9 Å². The highest BCUT2D eigenvalue weighted by molar-refractivity contribution is 9.10. The lowest BCUT2D eigenvalue weighted by Crippen LogP contribution is -2.08. The van der Waals surface area contributed by atoms with E-state index in [0.29, 0.717) is 42.6 Å². The fourth-order valence-electron chi connectivity index (χ4n) is 1.54. The minimum atomic E-state index is 0.524. The van der Waals surface area contributed by atoms with Gasteiger partial charge in [-0.15, -0.1) is 0 Å². The Bertz CT molecular complexity index is 518. The molecule has 2 rings (SSSR count). The maximum Gasteiger partial charge on any atom is 0.259 e. The van der Waals surface area contributed by atoms with E-state index in [-0.39, 0.29) is 0 Å². The van der Waals surface area contributed by atoms with Gasteiger partial charge in [-0.25, -0.2) is 9.97 Å². The van der Waals surface area contributed by atoms with Crippen molar-refractivity contribution in [2.45, 2.75) is 6.42 Å². The predicted molar refractivity (Wildman–Crippen MR) is 73.5 cm³/mol. The molecule has 0 saturated heterocycles. The van der Waals surface area contributed by atoms with Crippen LogP contribution in [0.15, 0.2) is 23.2 Å². The molecule has 2 aromatic rings. The first kappa shape index (κ1) is 14.2. The molecule has 19 heavy (non-hydrogen) atoms. The quantitative estimate of drug-likeness (QED) is 0.692. The molecule has 0 atom stereocenters. The molecule has 2 heterocycles. The first-order valence-electron chi connectivity index (χ1n) is 6.00. The third-order valence-corrected chi connectivity index (χ3v) is 2.80. The van der Waals surface area contributed by atoms with Crippen LogP contribution in [0.4, 0.5) is 0 Å². The van der Waals surface area contributed by atoms with Crippen molar-refractivity contribution in [3.8, 4) is 5.88 Å². The summed E-state index contributed by atoms with van der Waals surface area (Å²) >= 11 is 3.34. The van der Waals surface area contributed by atoms with Crippen LogP contribution >= 0.6 is 15.9 Å². The molecule has 0 aromatic carbocycles. The van der Waals surface area contributed by atoms with E-state index in [1.54, 1.807) is 13.3 Å². The number of hydrogen-bond donors (Lipinski definition) is 0. The number of ether oxygens (including phenoxy) is 3. The highest BCUT2D eigenvalue weighted by atomic mass is 79.9. The van der Waals surface area contributed by atoms with Crippen molar-refractivity contribution in [2.24, 2.45) is 0 Å². The van der Waals surface area contributed by atoms with Crippen molar-refractivity contribution in [3.63, 3.8) is 0 Å². The van der Waals surface area contributed by atoms with Gasteiger partial charge in [0.25, 0.3) is 5.88 Å². The standard InChI is InChI=1S/C12H16BrN3O3/c1-17-7-8-18-5-2-6-19-12-11-14-3-4-16(11)9-10(13)15-12/h3-4,9H,2,5-8H2,1H3. The number of fused-ring (bicyclic) bond motifs is 1. The zero-order chi connectivity index (χ0) is 13.5. The average Bonchev–Trinajstić information content (AvgIpc) is 2.85. The Balaban J connectivity index is 1.79. The lowest BCUT2D eigenvalue weighted by Gasteiger charge is -2.07. The van der Waals surface area contributed by atoms with E-state index >= 15 is 0 Å². The minimum absolute atomic E-state index is 0.524. The van der Waals surface area contributed by atoms with Gasteiger partial charge in [-0.2, -0.15) is 0 Å². The highest BCUT2D eigenvalue weighted by Gasteiger charge is 2.07. The molecule has 0 aliphatic heterocycles. The first-order valence-corrected chi connectivity index (χ1v) is 6.79. The molecular formula is C12H16BrN3O3. The van der Waals surface area contributed by atoms with Gasteiger partial charge < -0.3 is 14.2 Å². The number of methoxy groups -OCH3 is 1. The van der Waals surface area contributed by atoms with Gasteiger partial charge in [0.2, 0.25) is 5.65 Å². The van der Waals surface area contributed by atoms with E-state index in [9.17, 15) is 0 Å². The van der Waals surface area contributed by atoms with Gasteiger partial charge >= 0.3 is 0 Å². The molecule has 0 unspecified atom stereocenters. The van der Waals surface area contributed by atoms with Crippen molar-refractivity contribution in [1.82, 2.24) is 14.4 Å². The molecule has 0 fully saturated rings. The van der Waals surface area contributed by atoms with Crippen LogP contribution in [0.25, 0.3) is 5.65 Å². The predicted octanol–water partition coefficient (Wildman–Crippen LogP) is 1.92. The van der Waals surface area contributed by atoms with Gasteiger partial charge in [0, 0.05) is 38.7 Å². The molecule has 2 aromatic heterocycles. The molecule has 0 saturated carbocycles. The molecule has 6 nitrogen and oxygen atoms in total. The Morgan fingerprint density at radius 1 is 1.26 bits per heavy atom. The van der Waals surface area contributed by atoms with Crippen molar-refractivity contribution >= 4 is 21.6 Å². The summed E-state index contributed by atoms with van der Waals surface area (Å²) in [5.74, 6) is 0.524. The van der Waals surface area contributed by atoms with Gasteiger partial charge in [0.1, 0.15) is 4.60 Å². The van der Waals surface area contributed by atoms with Crippen LogP contribution in [0.1, 0.15) is 6.42 Å². The Hall–Kier alpha value is -1.18. The molecular weight excluding hydrogens is 314 g/mol. The summed E-state index contributed by atoms with van der Waals surface area (Å²) in [5.41, 5.74) is 0.712. The molecule has 0 amide bonds. The smallest absolute Gasteiger partial charge is 0.259 e. The largest absolute Gasteiger partial charge is 0.475 e. The molecule has 0 N–H and O–H groups in total. The van der Waals surface area contributed by atoms with Crippen LogP contribution < -0.4 is 4.74 Å².